The molecule has 3 N–H and O–H groups in total. The molecule has 1 aromatic heterocycles. The summed E-state index contributed by atoms with van der Waals surface area (Å²) in [6.45, 7) is 9.11. The molecule has 0 unspecified atom stereocenters. The fourth-order valence-electron chi connectivity index (χ4n) is 4.36. The average molecular weight is 567 g/mol. The lowest BCUT2D eigenvalue weighted by Gasteiger charge is -2.27. The molecule has 1 saturated heterocycles. The lowest BCUT2D eigenvalue weighted by molar-refractivity contribution is -0.136. The topological polar surface area (TPSA) is 135 Å². The Kier molecular flexibility index (Phi) is 10.6. The molecule has 220 valence electrons. The van der Waals surface area contributed by atoms with Gasteiger partial charge in [-0.15, -0.1) is 0 Å². The lowest BCUT2D eigenvalue weighted by Crippen LogP contribution is -2.40. The number of carbonyl (C=O) groups is 2. The smallest absolute Gasteiger partial charge is 0.407 e. The molecule has 0 bridgehead atoms. The van der Waals surface area contributed by atoms with E-state index in [1.807, 2.05) is 43.3 Å². The van der Waals surface area contributed by atoms with Crippen LogP contribution in [-0.2, 0) is 33.7 Å². The van der Waals surface area contributed by atoms with E-state index in [-0.39, 0.29) is 19.1 Å². The molecular weight excluding hydrogens is 528 g/mol. The van der Waals surface area contributed by atoms with Gasteiger partial charge in [0.25, 0.3) is 0 Å². The van der Waals surface area contributed by atoms with Crippen molar-refractivity contribution >= 4 is 17.7 Å². The fourth-order valence-corrected chi connectivity index (χ4v) is 4.36. The van der Waals surface area contributed by atoms with Crippen molar-refractivity contribution in [2.45, 2.75) is 52.7 Å². The highest BCUT2D eigenvalue weighted by molar-refractivity contribution is 5.68. The van der Waals surface area contributed by atoms with Gasteiger partial charge in [-0.25, -0.2) is 14.8 Å². The number of benzene rings is 2. The molecule has 0 aliphatic carbocycles. The van der Waals surface area contributed by atoms with Gasteiger partial charge in [-0.05, 0) is 74.7 Å². The van der Waals surface area contributed by atoms with Gasteiger partial charge >= 0.3 is 12.1 Å². The van der Waals surface area contributed by atoms with E-state index in [1.165, 1.54) is 0 Å². The van der Waals surface area contributed by atoms with Gasteiger partial charge in [-0.1, -0.05) is 6.07 Å². The number of aromatic nitrogens is 1. The molecule has 1 aliphatic rings. The summed E-state index contributed by atoms with van der Waals surface area (Å²) in [6.07, 6.45) is 0.104. The minimum Gasteiger partial charge on any atom is -0.493 e. The number of oxazole rings is 1. The van der Waals surface area contributed by atoms with Crippen molar-refractivity contribution in [3.8, 4) is 17.2 Å². The van der Waals surface area contributed by atoms with Crippen LogP contribution in [0.2, 0.25) is 0 Å². The third-order valence-electron chi connectivity index (χ3n) is 6.48. The van der Waals surface area contributed by atoms with Crippen molar-refractivity contribution in [3.63, 3.8) is 0 Å². The van der Waals surface area contributed by atoms with E-state index in [0.717, 1.165) is 60.1 Å². The summed E-state index contributed by atoms with van der Waals surface area (Å²) < 4.78 is 22.5. The Morgan fingerprint density at radius 3 is 2.54 bits per heavy atom. The van der Waals surface area contributed by atoms with Crippen molar-refractivity contribution in [3.05, 3.63) is 65.0 Å². The van der Waals surface area contributed by atoms with Crippen LogP contribution in [0.25, 0.3) is 11.5 Å². The van der Waals surface area contributed by atoms with Crippen LogP contribution < -0.4 is 15.5 Å². The first kappa shape index (κ1) is 29.9. The van der Waals surface area contributed by atoms with Gasteiger partial charge in [-0.2, -0.15) is 0 Å². The highest BCUT2D eigenvalue weighted by atomic mass is 16.6. The Morgan fingerprint density at radius 1 is 1.07 bits per heavy atom. The largest absolute Gasteiger partial charge is 0.493 e. The first-order valence-corrected chi connectivity index (χ1v) is 13.8. The Hall–Kier alpha value is -4.09. The van der Waals surface area contributed by atoms with Gasteiger partial charge in [-0.3, -0.25) is 4.79 Å². The number of hydrogen-bond acceptors (Lipinski definition) is 9. The number of ether oxygens (including phenoxy) is 3. The molecule has 0 saturated carbocycles. The van der Waals surface area contributed by atoms with Gasteiger partial charge in [0.05, 0.1) is 31.6 Å². The second-order valence-electron chi connectivity index (χ2n) is 10.0. The standard InChI is InChI=1S/C30H38N4O7/c1-20(2)40-30(37)31-19-24-18-26(10-6-22(24)7-11-28(35)36)39-15-12-27-21(3)41-29(32-27)23-4-8-25(9-5-23)33-34-13-16-38-17-14-34/h4-6,8-10,18,20,33H,7,11-17,19H2,1-3H3,(H,31,37)(H,35,36). The number of rotatable bonds is 13. The Balaban J connectivity index is 1.34. The Bertz CT molecular complexity index is 1300. The number of aliphatic carboxylic acids is 1. The molecule has 0 atom stereocenters. The first-order chi connectivity index (χ1) is 19.8. The lowest BCUT2D eigenvalue weighted by atomic mass is 10.0. The zero-order chi connectivity index (χ0) is 29.2. The van der Waals surface area contributed by atoms with E-state index < -0.39 is 12.1 Å². The predicted molar refractivity (Wildman–Crippen MR) is 153 cm³/mol. The van der Waals surface area contributed by atoms with Crippen molar-refractivity contribution in [1.29, 1.82) is 0 Å². The maximum Gasteiger partial charge on any atom is 0.407 e. The summed E-state index contributed by atoms with van der Waals surface area (Å²) in [5.74, 6) is 1.02. The zero-order valence-corrected chi connectivity index (χ0v) is 23.8. The van der Waals surface area contributed by atoms with Gasteiger partial charge in [0.1, 0.15) is 11.5 Å². The van der Waals surface area contributed by atoms with Crippen LogP contribution in [0, 0.1) is 6.92 Å². The molecular formula is C30H38N4O7. The van der Waals surface area contributed by atoms with Crippen molar-refractivity contribution in [2.24, 2.45) is 0 Å². The number of amides is 1. The second-order valence-corrected chi connectivity index (χ2v) is 10.0. The minimum absolute atomic E-state index is 0.00940. The van der Waals surface area contributed by atoms with Gasteiger partial charge in [0.15, 0.2) is 0 Å². The van der Waals surface area contributed by atoms with Crippen LogP contribution in [0.1, 0.15) is 42.8 Å². The summed E-state index contributed by atoms with van der Waals surface area (Å²) in [7, 11) is 0. The normalized spacial score (nSPS) is 13.7. The number of morpholine rings is 1. The summed E-state index contributed by atoms with van der Waals surface area (Å²) >= 11 is 0. The highest BCUT2D eigenvalue weighted by Crippen LogP contribution is 2.25. The average Bonchev–Trinajstić information content (AvgIpc) is 3.32. The second kappa shape index (κ2) is 14.5. The van der Waals surface area contributed by atoms with Crippen LogP contribution >= 0.6 is 0 Å². The number of alkyl carbamates (subject to hydrolysis) is 1. The van der Waals surface area contributed by atoms with E-state index in [4.69, 9.17) is 28.7 Å². The maximum absolute atomic E-state index is 12.0. The molecule has 0 radical (unpaired) electrons. The number of carbonyl (C=O) groups excluding carboxylic acids is 1. The third kappa shape index (κ3) is 9.22. The molecule has 41 heavy (non-hydrogen) atoms. The zero-order valence-electron chi connectivity index (χ0n) is 23.8. The summed E-state index contributed by atoms with van der Waals surface area (Å²) in [6, 6.07) is 13.4. The SMILES string of the molecule is Cc1oc(-c2ccc(NN3CCOCC3)cc2)nc1CCOc1ccc(CCC(=O)O)c(CNC(=O)OC(C)C)c1. The molecule has 0 spiro atoms. The monoisotopic (exact) mass is 566 g/mol. The third-order valence-corrected chi connectivity index (χ3v) is 6.48. The molecule has 11 nitrogen and oxygen atoms in total. The fraction of sp³-hybridized carbons (Fsp3) is 0.433. The summed E-state index contributed by atoms with van der Waals surface area (Å²) in [5, 5.41) is 13.9. The van der Waals surface area contributed by atoms with E-state index in [1.54, 1.807) is 19.9 Å². The van der Waals surface area contributed by atoms with Crippen LogP contribution in [0.5, 0.6) is 5.75 Å². The number of carboxylic acids is 1. The van der Waals surface area contributed by atoms with Crippen LogP contribution in [0.15, 0.2) is 46.9 Å². The van der Waals surface area contributed by atoms with Crippen molar-refractivity contribution < 1.29 is 33.3 Å². The molecule has 4 rings (SSSR count). The van der Waals surface area contributed by atoms with Crippen LogP contribution in [0.3, 0.4) is 0 Å². The van der Waals surface area contributed by atoms with Crippen molar-refractivity contribution in [1.82, 2.24) is 15.3 Å². The Morgan fingerprint density at radius 2 is 1.83 bits per heavy atom. The highest BCUT2D eigenvalue weighted by Gasteiger charge is 2.14. The summed E-state index contributed by atoms with van der Waals surface area (Å²) in [5.41, 5.74) is 7.69. The molecule has 11 heteroatoms. The number of nitrogens with zero attached hydrogens (tertiary/aromatic N) is 2. The molecule has 2 heterocycles. The van der Waals surface area contributed by atoms with Crippen LogP contribution in [0.4, 0.5) is 10.5 Å². The quantitative estimate of drug-likeness (QED) is 0.270. The van der Waals surface area contributed by atoms with E-state index in [9.17, 15) is 9.59 Å². The van der Waals surface area contributed by atoms with Crippen molar-refractivity contribution in [2.75, 3.05) is 38.3 Å². The predicted octanol–water partition coefficient (Wildman–Crippen LogP) is 4.58. The minimum atomic E-state index is -0.883. The van der Waals surface area contributed by atoms with Crippen LogP contribution in [-0.4, -0.2) is 66.2 Å². The van der Waals surface area contributed by atoms with Gasteiger partial charge in [0.2, 0.25) is 5.89 Å². The number of carboxylic acid groups (broad SMARTS) is 1. The first-order valence-electron chi connectivity index (χ1n) is 13.8. The number of aryl methyl sites for hydroxylation is 2. The molecule has 1 fully saturated rings. The maximum atomic E-state index is 12.0. The molecule has 1 amide bonds. The molecule has 1 aliphatic heterocycles. The number of nitrogens with one attached hydrogen (secondary N) is 2. The summed E-state index contributed by atoms with van der Waals surface area (Å²) in [4.78, 5) is 27.7. The number of hydrogen-bond donors (Lipinski definition) is 3. The number of anilines is 1. The molecule has 3 aromatic rings. The Labute approximate surface area is 239 Å². The van der Waals surface area contributed by atoms with E-state index in [0.29, 0.717) is 31.1 Å². The van der Waals surface area contributed by atoms with E-state index in [2.05, 4.69) is 15.8 Å². The van der Waals surface area contributed by atoms with E-state index >= 15 is 0 Å². The number of hydrazine groups is 1. The van der Waals surface area contributed by atoms with Gasteiger partial charge in [0, 0.05) is 43.7 Å². The molecule has 2 aromatic carbocycles. The van der Waals surface area contributed by atoms with Gasteiger partial charge < -0.3 is 34.5 Å².